The quantitative estimate of drug-likeness (QED) is 0.601. The molecular weight excluding hydrogens is 368 g/mol. The predicted octanol–water partition coefficient (Wildman–Crippen LogP) is 3.95. The number of rotatable bonds is 7. The zero-order chi connectivity index (χ0) is 18.5. The van der Waals surface area contributed by atoms with E-state index in [1.165, 1.54) is 0 Å². The molecule has 1 amide bonds. The van der Waals surface area contributed by atoms with Gasteiger partial charge in [-0.3, -0.25) is 14.5 Å². The maximum absolute atomic E-state index is 12.6. The first-order chi connectivity index (χ1) is 12.6. The number of thiophene rings is 1. The Bertz CT molecular complexity index is 914. The van der Waals surface area contributed by atoms with Crippen LogP contribution in [0.1, 0.15) is 24.9 Å². The SMILES string of the molecule is CCC(NC(=O)Cn1c(-c2cccs2)n[nH]c1=S)c1ccc(OC)cc1. The first-order valence-electron chi connectivity index (χ1n) is 8.24. The van der Waals surface area contributed by atoms with E-state index in [1.54, 1.807) is 23.0 Å². The number of aromatic nitrogens is 3. The van der Waals surface area contributed by atoms with Gasteiger partial charge in [0.1, 0.15) is 12.3 Å². The number of ether oxygens (including phenoxy) is 1. The largest absolute Gasteiger partial charge is 0.497 e. The van der Waals surface area contributed by atoms with Crippen LogP contribution in [-0.2, 0) is 11.3 Å². The van der Waals surface area contributed by atoms with Gasteiger partial charge < -0.3 is 10.1 Å². The molecule has 6 nitrogen and oxygen atoms in total. The summed E-state index contributed by atoms with van der Waals surface area (Å²) in [6.45, 7) is 2.16. The fraction of sp³-hybridized carbons (Fsp3) is 0.278. The minimum atomic E-state index is -0.108. The summed E-state index contributed by atoms with van der Waals surface area (Å²) in [6.07, 6.45) is 0.784. The molecule has 3 aromatic rings. The molecule has 0 aliphatic carbocycles. The topological polar surface area (TPSA) is 71.9 Å². The van der Waals surface area contributed by atoms with Crippen molar-refractivity contribution in [3.05, 3.63) is 52.1 Å². The smallest absolute Gasteiger partial charge is 0.240 e. The fourth-order valence-corrected chi connectivity index (χ4v) is 3.62. The van der Waals surface area contributed by atoms with Crippen LogP contribution in [0.15, 0.2) is 41.8 Å². The van der Waals surface area contributed by atoms with Crippen molar-refractivity contribution in [1.82, 2.24) is 20.1 Å². The Hall–Kier alpha value is -2.45. The molecule has 2 aromatic heterocycles. The lowest BCUT2D eigenvalue weighted by atomic mass is 10.0. The van der Waals surface area contributed by atoms with E-state index in [0.717, 1.165) is 22.6 Å². The van der Waals surface area contributed by atoms with E-state index in [0.29, 0.717) is 10.6 Å². The van der Waals surface area contributed by atoms with E-state index >= 15 is 0 Å². The molecule has 0 spiro atoms. The van der Waals surface area contributed by atoms with Crippen LogP contribution in [0.25, 0.3) is 10.7 Å². The van der Waals surface area contributed by atoms with E-state index in [9.17, 15) is 4.79 Å². The summed E-state index contributed by atoms with van der Waals surface area (Å²) >= 11 is 6.84. The fourth-order valence-electron chi connectivity index (χ4n) is 2.70. The van der Waals surface area contributed by atoms with Gasteiger partial charge in [-0.15, -0.1) is 11.3 Å². The Balaban J connectivity index is 1.74. The summed E-state index contributed by atoms with van der Waals surface area (Å²) in [5.41, 5.74) is 1.04. The van der Waals surface area contributed by atoms with Gasteiger partial charge in [0.15, 0.2) is 10.6 Å². The van der Waals surface area contributed by atoms with Crippen molar-refractivity contribution >= 4 is 29.5 Å². The number of amides is 1. The highest BCUT2D eigenvalue weighted by molar-refractivity contribution is 7.71. The van der Waals surface area contributed by atoms with Gasteiger partial charge in [-0.2, -0.15) is 5.10 Å². The molecule has 3 rings (SSSR count). The Kier molecular flexibility index (Phi) is 5.85. The summed E-state index contributed by atoms with van der Waals surface area (Å²) in [5.74, 6) is 1.36. The number of methoxy groups -OCH3 is 1. The van der Waals surface area contributed by atoms with Gasteiger partial charge in [-0.05, 0) is 47.8 Å². The number of aromatic amines is 1. The molecule has 26 heavy (non-hydrogen) atoms. The molecule has 1 unspecified atom stereocenters. The maximum atomic E-state index is 12.6. The molecule has 0 bridgehead atoms. The second-order valence-electron chi connectivity index (χ2n) is 5.72. The van der Waals surface area contributed by atoms with Gasteiger partial charge >= 0.3 is 0 Å². The number of H-pyrrole nitrogens is 1. The van der Waals surface area contributed by atoms with Crippen LogP contribution >= 0.6 is 23.6 Å². The number of carbonyl (C=O) groups is 1. The van der Waals surface area contributed by atoms with Crippen LogP contribution in [0.3, 0.4) is 0 Å². The highest BCUT2D eigenvalue weighted by Gasteiger charge is 2.16. The molecule has 0 saturated carbocycles. The zero-order valence-corrected chi connectivity index (χ0v) is 16.2. The summed E-state index contributed by atoms with van der Waals surface area (Å²) in [5, 5.41) is 12.1. The Morgan fingerprint density at radius 1 is 1.38 bits per heavy atom. The van der Waals surface area contributed by atoms with Gasteiger partial charge in [0.2, 0.25) is 5.91 Å². The number of benzene rings is 1. The zero-order valence-electron chi connectivity index (χ0n) is 14.6. The molecule has 2 heterocycles. The molecular formula is C18H20N4O2S2. The highest BCUT2D eigenvalue weighted by atomic mass is 32.1. The van der Waals surface area contributed by atoms with E-state index in [-0.39, 0.29) is 18.5 Å². The van der Waals surface area contributed by atoms with Crippen LogP contribution < -0.4 is 10.1 Å². The van der Waals surface area contributed by atoms with Gasteiger partial charge in [0.05, 0.1) is 18.0 Å². The van der Waals surface area contributed by atoms with Crippen molar-refractivity contribution in [3.8, 4) is 16.5 Å². The van der Waals surface area contributed by atoms with Gasteiger partial charge in [-0.25, -0.2) is 0 Å². The highest BCUT2D eigenvalue weighted by Crippen LogP contribution is 2.23. The van der Waals surface area contributed by atoms with E-state index in [2.05, 4.69) is 15.5 Å². The second-order valence-corrected chi connectivity index (χ2v) is 7.05. The van der Waals surface area contributed by atoms with Gasteiger partial charge in [0.25, 0.3) is 0 Å². The summed E-state index contributed by atoms with van der Waals surface area (Å²) in [6, 6.07) is 11.5. The van der Waals surface area contributed by atoms with Crippen LogP contribution in [0.4, 0.5) is 0 Å². The molecule has 0 aliphatic rings. The van der Waals surface area contributed by atoms with Crippen LogP contribution in [-0.4, -0.2) is 27.8 Å². The molecule has 0 radical (unpaired) electrons. The third-order valence-corrected chi connectivity index (χ3v) is 5.24. The van der Waals surface area contributed by atoms with E-state index < -0.39 is 0 Å². The molecule has 1 aromatic carbocycles. The third-order valence-electron chi connectivity index (χ3n) is 4.06. The van der Waals surface area contributed by atoms with Crippen molar-refractivity contribution < 1.29 is 9.53 Å². The summed E-state index contributed by atoms with van der Waals surface area (Å²) < 4.78 is 7.33. The minimum absolute atomic E-state index is 0.0698. The number of nitrogens with one attached hydrogen (secondary N) is 2. The van der Waals surface area contributed by atoms with E-state index in [4.69, 9.17) is 17.0 Å². The first kappa shape index (κ1) is 18.3. The number of carbonyl (C=O) groups excluding carboxylic acids is 1. The second kappa shape index (κ2) is 8.29. The standard InChI is InChI=1S/C18H20N4O2S2/c1-3-14(12-6-8-13(24-2)9-7-12)19-16(23)11-22-17(20-21-18(22)25)15-5-4-10-26-15/h4-10,14H,3,11H2,1-2H3,(H,19,23)(H,21,25). The van der Waals surface area contributed by atoms with Gasteiger partial charge in [-0.1, -0.05) is 25.1 Å². The molecule has 8 heteroatoms. The Morgan fingerprint density at radius 3 is 2.77 bits per heavy atom. The summed E-state index contributed by atoms with van der Waals surface area (Å²) in [7, 11) is 1.63. The van der Waals surface area contributed by atoms with Crippen molar-refractivity contribution in [1.29, 1.82) is 0 Å². The molecule has 1 atom stereocenters. The van der Waals surface area contributed by atoms with E-state index in [1.807, 2.05) is 48.7 Å². The average molecular weight is 389 g/mol. The maximum Gasteiger partial charge on any atom is 0.240 e. The molecule has 136 valence electrons. The van der Waals surface area contributed by atoms with Crippen LogP contribution in [0, 0.1) is 4.77 Å². The molecule has 0 saturated heterocycles. The Morgan fingerprint density at radius 2 is 2.15 bits per heavy atom. The summed E-state index contributed by atoms with van der Waals surface area (Å²) in [4.78, 5) is 13.6. The van der Waals surface area contributed by atoms with Crippen LogP contribution in [0.2, 0.25) is 0 Å². The normalized spacial score (nSPS) is 11.9. The van der Waals surface area contributed by atoms with Crippen molar-refractivity contribution in [2.45, 2.75) is 25.9 Å². The molecule has 0 aliphatic heterocycles. The number of hydrogen-bond donors (Lipinski definition) is 2. The molecule has 2 N–H and O–H groups in total. The average Bonchev–Trinajstić information content (AvgIpc) is 3.30. The minimum Gasteiger partial charge on any atom is -0.497 e. The van der Waals surface area contributed by atoms with Crippen molar-refractivity contribution in [2.75, 3.05) is 7.11 Å². The lowest BCUT2D eigenvalue weighted by Crippen LogP contribution is -2.31. The third kappa shape index (κ3) is 4.03. The van der Waals surface area contributed by atoms with Crippen LogP contribution in [0.5, 0.6) is 5.75 Å². The Labute approximate surface area is 160 Å². The number of hydrogen-bond acceptors (Lipinski definition) is 5. The molecule has 0 fully saturated rings. The first-order valence-corrected chi connectivity index (χ1v) is 9.53. The predicted molar refractivity (Wildman–Crippen MR) is 105 cm³/mol. The monoisotopic (exact) mass is 388 g/mol. The lowest BCUT2D eigenvalue weighted by Gasteiger charge is -2.18. The lowest BCUT2D eigenvalue weighted by molar-refractivity contribution is -0.122. The van der Waals surface area contributed by atoms with Crippen molar-refractivity contribution in [3.63, 3.8) is 0 Å². The van der Waals surface area contributed by atoms with Crippen molar-refractivity contribution in [2.24, 2.45) is 0 Å². The van der Waals surface area contributed by atoms with Gasteiger partial charge in [0, 0.05) is 0 Å². The number of nitrogens with zero attached hydrogens (tertiary/aromatic N) is 2.